The third-order valence-electron chi connectivity index (χ3n) is 4.19. The van der Waals surface area contributed by atoms with Crippen LogP contribution in [0.15, 0.2) is 64.5 Å². The minimum atomic E-state index is -1.16. The Morgan fingerprint density at radius 3 is 1.81 bits per heavy atom. The first kappa shape index (κ1) is 22.3. The largest absolute Gasteiger partial charge is 0.497 e. The maximum Gasteiger partial charge on any atom is 0.441 e. The molecule has 0 aliphatic rings. The van der Waals surface area contributed by atoms with E-state index in [9.17, 15) is 18.8 Å². The molecule has 0 radical (unpaired) electrons. The number of amides is 1. The molecule has 0 bridgehead atoms. The van der Waals surface area contributed by atoms with Crippen molar-refractivity contribution < 1.29 is 32.9 Å². The van der Waals surface area contributed by atoms with Crippen LogP contribution in [-0.2, 0) is 7.05 Å². The second-order valence-electron chi connectivity index (χ2n) is 6.21. The molecule has 0 fully saturated rings. The van der Waals surface area contributed by atoms with E-state index in [2.05, 4.69) is 4.99 Å². The Bertz CT molecular complexity index is 1260. The van der Waals surface area contributed by atoms with Gasteiger partial charge in [0.2, 0.25) is 0 Å². The number of hydrogen-bond donors (Lipinski definition) is 0. The summed E-state index contributed by atoms with van der Waals surface area (Å²) in [5, 5.41) is 0. The Morgan fingerprint density at radius 1 is 0.844 bits per heavy atom. The predicted molar refractivity (Wildman–Crippen MR) is 109 cm³/mol. The van der Waals surface area contributed by atoms with E-state index in [4.69, 9.17) is 18.9 Å². The number of methoxy groups -OCH3 is 2. The maximum atomic E-state index is 14.6. The fourth-order valence-electron chi connectivity index (χ4n) is 2.55. The maximum absolute atomic E-state index is 14.6. The average Bonchev–Trinajstić information content (AvgIpc) is 2.80. The van der Waals surface area contributed by atoms with Crippen molar-refractivity contribution in [1.29, 1.82) is 0 Å². The predicted octanol–water partition coefficient (Wildman–Crippen LogP) is 2.49. The standard InChI is InChI=1S/C21H18FN3O7/c1-24-18(23-19(26)31-15-8-4-13(29-2)5-9-15)17(22)12-25(20(24)27)21(28)32-16-10-6-14(30-3)7-11-16/h4-12H,1-3H3/b23-18-. The number of carbonyl (C=O) groups is 2. The number of hydrogen-bond acceptors (Lipinski definition) is 7. The van der Waals surface area contributed by atoms with Gasteiger partial charge in [-0.3, -0.25) is 4.57 Å². The number of aromatic nitrogens is 2. The summed E-state index contributed by atoms with van der Waals surface area (Å²) in [5.41, 5.74) is -1.61. The Labute approximate surface area is 180 Å². The molecule has 1 amide bonds. The summed E-state index contributed by atoms with van der Waals surface area (Å²) < 4.78 is 35.7. The third kappa shape index (κ3) is 5.01. The SMILES string of the molecule is COc1ccc(OC(=O)/N=c2/c(F)cn(C(=O)Oc3ccc(OC)cc3)c(=O)n2C)cc1. The first-order chi connectivity index (χ1) is 15.3. The lowest BCUT2D eigenvalue weighted by Gasteiger charge is -2.09. The quantitative estimate of drug-likeness (QED) is 0.609. The van der Waals surface area contributed by atoms with Gasteiger partial charge in [-0.15, -0.1) is 0 Å². The van der Waals surface area contributed by atoms with Crippen molar-refractivity contribution in [3.8, 4) is 23.0 Å². The molecular formula is C21H18FN3O7. The van der Waals surface area contributed by atoms with Crippen molar-refractivity contribution in [3.05, 3.63) is 76.5 Å². The van der Waals surface area contributed by atoms with Gasteiger partial charge in [0.15, 0.2) is 11.3 Å². The first-order valence-electron chi connectivity index (χ1n) is 9.07. The summed E-state index contributed by atoms with van der Waals surface area (Å²) in [6.07, 6.45) is -1.74. The van der Waals surface area contributed by atoms with Gasteiger partial charge in [0.25, 0.3) is 0 Å². The van der Waals surface area contributed by atoms with Crippen molar-refractivity contribution in [2.75, 3.05) is 14.2 Å². The van der Waals surface area contributed by atoms with Crippen LogP contribution in [0.2, 0.25) is 0 Å². The normalized spacial score (nSPS) is 11.1. The topological polar surface area (TPSA) is 110 Å². The summed E-state index contributed by atoms with van der Waals surface area (Å²) in [7, 11) is 4.10. The van der Waals surface area contributed by atoms with Crippen LogP contribution < -0.4 is 30.1 Å². The highest BCUT2D eigenvalue weighted by Gasteiger charge is 2.16. The molecule has 0 unspecified atom stereocenters. The molecule has 32 heavy (non-hydrogen) atoms. The molecule has 0 saturated heterocycles. The van der Waals surface area contributed by atoms with E-state index in [0.29, 0.717) is 26.8 Å². The second kappa shape index (κ2) is 9.60. The highest BCUT2D eigenvalue weighted by molar-refractivity contribution is 5.73. The number of rotatable bonds is 4. The van der Waals surface area contributed by atoms with Gasteiger partial charge < -0.3 is 18.9 Å². The molecule has 166 valence electrons. The van der Waals surface area contributed by atoms with Gasteiger partial charge in [-0.25, -0.2) is 18.8 Å². The molecule has 10 nitrogen and oxygen atoms in total. The van der Waals surface area contributed by atoms with E-state index >= 15 is 0 Å². The van der Waals surface area contributed by atoms with Crippen molar-refractivity contribution in [1.82, 2.24) is 9.13 Å². The lowest BCUT2D eigenvalue weighted by Crippen LogP contribution is -2.43. The highest BCUT2D eigenvalue weighted by atomic mass is 19.1. The van der Waals surface area contributed by atoms with Crippen molar-refractivity contribution >= 4 is 12.2 Å². The Morgan fingerprint density at radius 2 is 1.31 bits per heavy atom. The minimum absolute atomic E-state index is 0.114. The molecule has 1 aromatic heterocycles. The molecule has 0 aliphatic heterocycles. The Kier molecular flexibility index (Phi) is 6.68. The zero-order chi connectivity index (χ0) is 23.3. The van der Waals surface area contributed by atoms with Gasteiger partial charge in [0.1, 0.15) is 23.0 Å². The van der Waals surface area contributed by atoms with Crippen LogP contribution in [-0.4, -0.2) is 35.5 Å². The average molecular weight is 443 g/mol. The molecule has 0 aliphatic carbocycles. The summed E-state index contributed by atoms with van der Waals surface area (Å²) in [4.78, 5) is 40.3. The smallest absolute Gasteiger partial charge is 0.441 e. The van der Waals surface area contributed by atoms with Gasteiger partial charge in [0.05, 0.1) is 20.4 Å². The van der Waals surface area contributed by atoms with Crippen LogP contribution in [0, 0.1) is 5.82 Å². The number of halogens is 1. The van der Waals surface area contributed by atoms with Gasteiger partial charge in [0, 0.05) is 7.05 Å². The molecule has 0 saturated carbocycles. The summed E-state index contributed by atoms with van der Waals surface area (Å²) in [6.45, 7) is 0. The molecule has 11 heteroatoms. The van der Waals surface area contributed by atoms with Crippen LogP contribution >= 0.6 is 0 Å². The summed E-state index contributed by atoms with van der Waals surface area (Å²) in [6, 6.07) is 12.0. The van der Waals surface area contributed by atoms with E-state index in [1.165, 1.54) is 38.5 Å². The van der Waals surface area contributed by atoms with E-state index in [-0.39, 0.29) is 11.5 Å². The van der Waals surface area contributed by atoms with Crippen LogP contribution in [0.25, 0.3) is 0 Å². The lowest BCUT2D eigenvalue weighted by molar-refractivity contribution is 0.199. The Hall–Kier alpha value is -4.41. The summed E-state index contributed by atoms with van der Waals surface area (Å²) >= 11 is 0. The molecule has 0 N–H and O–H groups in total. The lowest BCUT2D eigenvalue weighted by atomic mass is 10.3. The van der Waals surface area contributed by atoms with Crippen LogP contribution in [0.1, 0.15) is 0 Å². The second-order valence-corrected chi connectivity index (χ2v) is 6.21. The van der Waals surface area contributed by atoms with E-state index in [1.807, 2.05) is 0 Å². The fraction of sp³-hybridized carbons (Fsp3) is 0.143. The molecular weight excluding hydrogens is 425 g/mol. The number of nitrogens with zero attached hydrogens (tertiary/aromatic N) is 3. The minimum Gasteiger partial charge on any atom is -0.497 e. The fourth-order valence-corrected chi connectivity index (χ4v) is 2.55. The summed E-state index contributed by atoms with van der Waals surface area (Å²) in [5.74, 6) is 0.211. The van der Waals surface area contributed by atoms with Gasteiger partial charge in [-0.1, -0.05) is 0 Å². The first-order valence-corrected chi connectivity index (χ1v) is 9.07. The highest BCUT2D eigenvalue weighted by Crippen LogP contribution is 2.18. The van der Waals surface area contributed by atoms with E-state index in [1.54, 1.807) is 24.3 Å². The zero-order valence-corrected chi connectivity index (χ0v) is 17.3. The van der Waals surface area contributed by atoms with E-state index in [0.717, 1.165) is 7.05 Å². The van der Waals surface area contributed by atoms with Crippen molar-refractivity contribution in [2.45, 2.75) is 0 Å². The number of ether oxygens (including phenoxy) is 4. The van der Waals surface area contributed by atoms with Gasteiger partial charge in [-0.2, -0.15) is 9.56 Å². The van der Waals surface area contributed by atoms with Crippen molar-refractivity contribution in [2.24, 2.45) is 12.0 Å². The van der Waals surface area contributed by atoms with Gasteiger partial charge in [-0.05, 0) is 48.5 Å². The van der Waals surface area contributed by atoms with Crippen LogP contribution in [0.4, 0.5) is 14.0 Å². The number of benzene rings is 2. The third-order valence-corrected chi connectivity index (χ3v) is 4.19. The molecule has 3 rings (SSSR count). The number of carbonyl (C=O) groups excluding carboxylic acids is 2. The molecule has 0 spiro atoms. The Balaban J connectivity index is 1.84. The van der Waals surface area contributed by atoms with Crippen LogP contribution in [0.5, 0.6) is 23.0 Å². The van der Waals surface area contributed by atoms with Gasteiger partial charge >= 0.3 is 17.9 Å². The molecule has 2 aromatic carbocycles. The molecule has 3 aromatic rings. The zero-order valence-electron chi connectivity index (χ0n) is 17.3. The monoisotopic (exact) mass is 443 g/mol. The van der Waals surface area contributed by atoms with Crippen molar-refractivity contribution in [3.63, 3.8) is 0 Å². The van der Waals surface area contributed by atoms with E-state index < -0.39 is 29.2 Å². The van der Waals surface area contributed by atoms with Crippen LogP contribution in [0.3, 0.4) is 0 Å². The molecule has 1 heterocycles. The molecule has 0 atom stereocenters.